The maximum atomic E-state index is 13.7. The van der Waals surface area contributed by atoms with E-state index in [0.717, 1.165) is 45.9 Å². The second kappa shape index (κ2) is 10.4. The molecule has 1 aliphatic heterocycles. The largest absolute Gasteiger partial charge is 0.493 e. The number of amides is 1. The lowest BCUT2D eigenvalue weighted by Gasteiger charge is -2.33. The number of nitrogens with one attached hydrogen (secondary N) is 2. The number of hydrogen-bond donors (Lipinski definition) is 2. The Hall–Kier alpha value is -4.46. The normalized spacial score (nSPS) is 15.1. The fourth-order valence-corrected chi connectivity index (χ4v) is 5.97. The second-order valence-electron chi connectivity index (χ2n) is 10.1. The van der Waals surface area contributed by atoms with E-state index in [1.807, 2.05) is 76.3 Å². The van der Waals surface area contributed by atoms with Gasteiger partial charge in [0.2, 0.25) is 5.91 Å². The van der Waals surface area contributed by atoms with Gasteiger partial charge in [-0.1, -0.05) is 36.4 Å². The van der Waals surface area contributed by atoms with Gasteiger partial charge in [0.25, 0.3) is 0 Å². The first kappa shape index (κ1) is 24.9. The zero-order chi connectivity index (χ0) is 26.9. The first-order chi connectivity index (χ1) is 19.1. The highest BCUT2D eigenvalue weighted by atomic mass is 16.5. The summed E-state index contributed by atoms with van der Waals surface area (Å²) < 4.78 is 12.9. The van der Waals surface area contributed by atoms with E-state index >= 15 is 0 Å². The third-order valence-electron chi connectivity index (χ3n) is 7.99. The van der Waals surface area contributed by atoms with Gasteiger partial charge in [-0.25, -0.2) is 4.79 Å². The van der Waals surface area contributed by atoms with Crippen molar-refractivity contribution in [1.29, 1.82) is 0 Å². The van der Waals surface area contributed by atoms with Crippen LogP contribution in [-0.4, -0.2) is 52.7 Å². The van der Waals surface area contributed by atoms with Crippen molar-refractivity contribution in [3.63, 3.8) is 0 Å². The summed E-state index contributed by atoms with van der Waals surface area (Å²) in [6, 6.07) is 21.9. The Morgan fingerprint density at radius 2 is 1.67 bits per heavy atom. The van der Waals surface area contributed by atoms with Crippen LogP contribution in [0.5, 0.6) is 11.5 Å². The van der Waals surface area contributed by atoms with Crippen LogP contribution >= 0.6 is 0 Å². The topological polar surface area (TPSA) is 92.4 Å². The molecule has 0 saturated carbocycles. The van der Waals surface area contributed by atoms with Crippen LogP contribution in [0.2, 0.25) is 0 Å². The van der Waals surface area contributed by atoms with E-state index in [4.69, 9.17) is 9.47 Å². The predicted octanol–water partition coefficient (Wildman–Crippen LogP) is 5.21. The van der Waals surface area contributed by atoms with E-state index in [2.05, 4.69) is 16.0 Å². The summed E-state index contributed by atoms with van der Waals surface area (Å²) in [6.07, 6.45) is 3.81. The predicted molar refractivity (Wildman–Crippen MR) is 152 cm³/mol. The van der Waals surface area contributed by atoms with E-state index in [0.29, 0.717) is 31.0 Å². The number of aromatic nitrogens is 3. The number of likely N-dealkylation sites (tertiary alicyclic amines) is 1. The average Bonchev–Trinajstić information content (AvgIpc) is 3.55. The maximum absolute atomic E-state index is 13.7. The number of carbonyl (C=O) groups excluding carboxylic acids is 1. The molecule has 2 aromatic heterocycles. The van der Waals surface area contributed by atoms with Gasteiger partial charge in [-0.3, -0.25) is 9.36 Å². The first-order valence-corrected chi connectivity index (χ1v) is 13.3. The number of H-pyrrole nitrogens is 2. The van der Waals surface area contributed by atoms with Gasteiger partial charge in [0.05, 0.1) is 25.3 Å². The Bertz CT molecular complexity index is 1690. The zero-order valence-corrected chi connectivity index (χ0v) is 22.1. The Kier molecular flexibility index (Phi) is 6.60. The molecule has 3 heterocycles. The zero-order valence-electron chi connectivity index (χ0n) is 22.1. The summed E-state index contributed by atoms with van der Waals surface area (Å²) in [4.78, 5) is 34.7. The van der Waals surface area contributed by atoms with E-state index in [1.54, 1.807) is 14.2 Å². The highest BCUT2D eigenvalue weighted by Gasteiger charge is 2.29. The van der Waals surface area contributed by atoms with Gasteiger partial charge in [0.15, 0.2) is 11.5 Å². The number of imidazole rings is 1. The molecule has 6 rings (SSSR count). The minimum atomic E-state index is -0.164. The molecule has 3 aromatic carbocycles. The van der Waals surface area contributed by atoms with Crippen molar-refractivity contribution in [2.45, 2.75) is 31.2 Å². The molecule has 0 bridgehead atoms. The van der Waals surface area contributed by atoms with Gasteiger partial charge in [-0.2, -0.15) is 0 Å². The van der Waals surface area contributed by atoms with Crippen LogP contribution < -0.4 is 15.2 Å². The van der Waals surface area contributed by atoms with Gasteiger partial charge in [-0.15, -0.1) is 0 Å². The van der Waals surface area contributed by atoms with Crippen molar-refractivity contribution in [3.05, 3.63) is 94.5 Å². The molecule has 1 atom stereocenters. The minimum Gasteiger partial charge on any atom is -0.493 e. The van der Waals surface area contributed by atoms with E-state index in [-0.39, 0.29) is 23.6 Å². The number of benzene rings is 3. The van der Waals surface area contributed by atoms with Gasteiger partial charge < -0.3 is 24.3 Å². The molecule has 2 N–H and O–H groups in total. The average molecular weight is 525 g/mol. The molecular weight excluding hydrogens is 492 g/mol. The van der Waals surface area contributed by atoms with Crippen LogP contribution in [0.1, 0.15) is 42.3 Å². The summed E-state index contributed by atoms with van der Waals surface area (Å²) >= 11 is 0. The third-order valence-corrected chi connectivity index (χ3v) is 7.99. The lowest BCUT2D eigenvalue weighted by Crippen LogP contribution is -2.41. The molecule has 0 aliphatic carbocycles. The molecule has 200 valence electrons. The number of aromatic amines is 2. The van der Waals surface area contributed by atoms with E-state index in [9.17, 15) is 9.59 Å². The number of para-hydroxylation sites is 3. The number of hydrogen-bond acceptors (Lipinski definition) is 4. The van der Waals surface area contributed by atoms with Crippen molar-refractivity contribution >= 4 is 27.8 Å². The summed E-state index contributed by atoms with van der Waals surface area (Å²) in [5.74, 6) is 1.23. The third kappa shape index (κ3) is 4.56. The quantitative estimate of drug-likeness (QED) is 0.306. The van der Waals surface area contributed by atoms with Crippen LogP contribution in [-0.2, 0) is 4.79 Å². The molecule has 5 aromatic rings. The highest BCUT2D eigenvalue weighted by molar-refractivity contribution is 5.86. The summed E-state index contributed by atoms with van der Waals surface area (Å²) in [7, 11) is 3.24. The molecule has 8 heteroatoms. The van der Waals surface area contributed by atoms with E-state index < -0.39 is 0 Å². The Balaban J connectivity index is 1.25. The maximum Gasteiger partial charge on any atom is 0.326 e. The standard InChI is InChI=1S/C31H32N4O4/c1-38-28-12-11-20(17-29(28)39-2)23(24-19-32-25-8-4-3-7-22(24)25)18-30(36)34-15-13-21(14-16-34)35-27-10-6-5-9-26(27)33-31(35)37/h3-12,17,19,21,23,32H,13-16,18H2,1-2H3,(H,33,37)/t23-/m1/s1. The van der Waals surface area contributed by atoms with Gasteiger partial charge in [0, 0.05) is 48.6 Å². The van der Waals surface area contributed by atoms with Crippen molar-refractivity contribution in [2.75, 3.05) is 27.3 Å². The number of fused-ring (bicyclic) bond motifs is 2. The number of rotatable bonds is 7. The second-order valence-corrected chi connectivity index (χ2v) is 10.1. The molecule has 0 radical (unpaired) electrons. The van der Waals surface area contributed by atoms with Crippen molar-refractivity contribution in [2.24, 2.45) is 0 Å². The van der Waals surface area contributed by atoms with Crippen molar-refractivity contribution < 1.29 is 14.3 Å². The van der Waals surface area contributed by atoms with Gasteiger partial charge in [-0.05, 0) is 54.3 Å². The summed E-state index contributed by atoms with van der Waals surface area (Å²) in [5.41, 5.74) is 4.78. The molecule has 39 heavy (non-hydrogen) atoms. The number of methoxy groups -OCH3 is 2. The number of carbonyl (C=O) groups is 1. The van der Waals surface area contributed by atoms with E-state index in [1.165, 1.54) is 0 Å². The fourth-order valence-electron chi connectivity index (χ4n) is 5.97. The van der Waals surface area contributed by atoms with Crippen LogP contribution in [0.15, 0.2) is 77.7 Å². The van der Waals surface area contributed by atoms with Crippen LogP contribution in [0.3, 0.4) is 0 Å². The van der Waals surface area contributed by atoms with Gasteiger partial charge in [0.1, 0.15) is 0 Å². The van der Waals surface area contributed by atoms with Crippen LogP contribution in [0.25, 0.3) is 21.9 Å². The molecule has 1 aliphatic rings. The molecule has 1 saturated heterocycles. The lowest BCUT2D eigenvalue weighted by molar-refractivity contribution is -0.132. The van der Waals surface area contributed by atoms with Crippen molar-refractivity contribution in [1.82, 2.24) is 19.4 Å². The number of piperidine rings is 1. The molecule has 0 unspecified atom stereocenters. The highest BCUT2D eigenvalue weighted by Crippen LogP contribution is 2.38. The minimum absolute atomic E-state index is 0.0629. The first-order valence-electron chi connectivity index (χ1n) is 13.3. The summed E-state index contributed by atoms with van der Waals surface area (Å²) in [6.45, 7) is 1.23. The molecule has 1 fully saturated rings. The van der Waals surface area contributed by atoms with Crippen LogP contribution in [0.4, 0.5) is 0 Å². The Morgan fingerprint density at radius 3 is 2.44 bits per heavy atom. The molecule has 0 spiro atoms. The summed E-state index contributed by atoms with van der Waals surface area (Å²) in [5, 5.41) is 1.10. The van der Waals surface area contributed by atoms with Crippen LogP contribution in [0, 0.1) is 0 Å². The number of nitrogens with zero attached hydrogens (tertiary/aromatic N) is 2. The molecular formula is C31H32N4O4. The molecule has 1 amide bonds. The molecule has 8 nitrogen and oxygen atoms in total. The van der Waals surface area contributed by atoms with Gasteiger partial charge >= 0.3 is 5.69 Å². The SMILES string of the molecule is COc1ccc([C@@H](CC(=O)N2CCC(n3c(=O)[nH]c4ccccc43)CC2)c2c[nH]c3ccccc23)cc1OC. The smallest absolute Gasteiger partial charge is 0.326 e. The monoisotopic (exact) mass is 524 g/mol. The fraction of sp³-hybridized carbons (Fsp3) is 0.290. The van der Waals surface area contributed by atoms with Crippen molar-refractivity contribution in [3.8, 4) is 11.5 Å². The number of ether oxygens (including phenoxy) is 2. The lowest BCUT2D eigenvalue weighted by atomic mass is 9.87. The Morgan fingerprint density at radius 1 is 0.949 bits per heavy atom. The Labute approximate surface area is 226 Å².